The summed E-state index contributed by atoms with van der Waals surface area (Å²) in [7, 11) is 0. The fraction of sp³-hybridized carbons (Fsp3) is 0.455. The number of nitro benzene ring substituents is 1. The van der Waals surface area contributed by atoms with Gasteiger partial charge in [0, 0.05) is 49.5 Å². The largest absolute Gasteiger partial charge is 0.356 e. The minimum atomic E-state index is -0.453. The van der Waals surface area contributed by atoms with Gasteiger partial charge in [-0.2, -0.15) is 5.26 Å². The van der Waals surface area contributed by atoms with Gasteiger partial charge in [0.05, 0.1) is 22.1 Å². The van der Waals surface area contributed by atoms with Gasteiger partial charge in [-0.15, -0.1) is 10.2 Å². The summed E-state index contributed by atoms with van der Waals surface area (Å²) in [5.74, 6) is 3.17. The van der Waals surface area contributed by atoms with E-state index in [1.54, 1.807) is 12.1 Å². The zero-order chi connectivity index (χ0) is 21.4. The molecule has 0 radical (unpaired) electrons. The summed E-state index contributed by atoms with van der Waals surface area (Å²) in [6.07, 6.45) is 6.63. The van der Waals surface area contributed by atoms with E-state index in [1.165, 1.54) is 31.4 Å². The number of pyridine rings is 1. The molecule has 1 saturated heterocycles. The fourth-order valence-electron chi connectivity index (χ4n) is 4.77. The van der Waals surface area contributed by atoms with Crippen LogP contribution >= 0.6 is 0 Å². The Morgan fingerprint density at radius 2 is 2.03 bits per heavy atom. The molecule has 158 valence electrons. The smallest absolute Gasteiger partial charge is 0.270 e. The molecule has 0 amide bonds. The molecule has 2 aliphatic heterocycles. The van der Waals surface area contributed by atoms with Crippen LogP contribution in [0.3, 0.4) is 0 Å². The number of anilines is 1. The molecule has 0 saturated carbocycles. The van der Waals surface area contributed by atoms with E-state index in [1.807, 2.05) is 0 Å². The van der Waals surface area contributed by atoms with E-state index in [-0.39, 0.29) is 11.6 Å². The average Bonchev–Trinajstić information content (AvgIpc) is 3.06. The molecule has 5 rings (SSSR count). The van der Waals surface area contributed by atoms with Gasteiger partial charge in [0.1, 0.15) is 17.5 Å². The Balaban J connectivity index is 1.47. The van der Waals surface area contributed by atoms with Gasteiger partial charge >= 0.3 is 0 Å². The van der Waals surface area contributed by atoms with Crippen LogP contribution in [0.5, 0.6) is 0 Å². The van der Waals surface area contributed by atoms with Crippen molar-refractivity contribution < 1.29 is 4.92 Å². The topological polar surface area (TPSA) is 114 Å². The summed E-state index contributed by atoms with van der Waals surface area (Å²) in [6, 6.07) is 8.42. The first-order chi connectivity index (χ1) is 15.1. The Morgan fingerprint density at radius 3 is 2.87 bits per heavy atom. The molecule has 9 nitrogen and oxygen atoms in total. The highest BCUT2D eigenvalue weighted by molar-refractivity contribution is 5.88. The minimum absolute atomic E-state index is 0.0379. The van der Waals surface area contributed by atoms with Crippen LogP contribution in [0.4, 0.5) is 11.5 Å². The monoisotopic (exact) mass is 417 g/mol. The van der Waals surface area contributed by atoms with Crippen LogP contribution in [0, 0.1) is 21.4 Å². The summed E-state index contributed by atoms with van der Waals surface area (Å²) in [4.78, 5) is 17.6. The number of nitrogens with zero attached hydrogens (tertiary/aromatic N) is 7. The molecule has 2 aliphatic rings. The molecule has 9 heteroatoms. The number of piperidine rings is 1. The molecule has 4 heterocycles. The summed E-state index contributed by atoms with van der Waals surface area (Å²) in [5.41, 5.74) is 0.962. The molecule has 2 aromatic heterocycles. The standard InChI is InChI=1S/C22H23N7O2/c23-13-16-11-21(24-19-8-7-17(29(30)31)12-18(16)19)27-9-4-5-15(14-27)22-26-25-20-6-2-1-3-10-28(20)22/h7-8,11-12,15H,1-6,9-10,14H2. The van der Waals surface area contributed by atoms with Gasteiger partial charge < -0.3 is 9.47 Å². The number of hydrogen-bond acceptors (Lipinski definition) is 7. The number of aryl methyl sites for hydroxylation is 1. The van der Waals surface area contributed by atoms with Gasteiger partial charge in [-0.25, -0.2) is 4.98 Å². The quantitative estimate of drug-likeness (QED) is 0.471. The van der Waals surface area contributed by atoms with Crippen molar-refractivity contribution in [1.29, 1.82) is 5.26 Å². The van der Waals surface area contributed by atoms with E-state index >= 15 is 0 Å². The highest BCUT2D eigenvalue weighted by Gasteiger charge is 2.28. The Bertz CT molecular complexity index is 1200. The lowest BCUT2D eigenvalue weighted by Crippen LogP contribution is -2.36. The highest BCUT2D eigenvalue weighted by atomic mass is 16.6. The molecule has 0 spiro atoms. The predicted octanol–water partition coefficient (Wildman–Crippen LogP) is 3.72. The Hall–Kier alpha value is -3.54. The maximum absolute atomic E-state index is 11.1. The number of fused-ring (bicyclic) bond motifs is 2. The van der Waals surface area contributed by atoms with E-state index in [4.69, 9.17) is 4.98 Å². The van der Waals surface area contributed by atoms with Crippen LogP contribution in [-0.2, 0) is 13.0 Å². The van der Waals surface area contributed by atoms with Crippen LogP contribution in [-0.4, -0.2) is 37.8 Å². The van der Waals surface area contributed by atoms with Gasteiger partial charge in [0.15, 0.2) is 0 Å². The third-order valence-electron chi connectivity index (χ3n) is 6.36. The molecule has 1 atom stereocenters. The van der Waals surface area contributed by atoms with E-state index < -0.39 is 4.92 Å². The summed E-state index contributed by atoms with van der Waals surface area (Å²) < 4.78 is 2.31. The van der Waals surface area contributed by atoms with Gasteiger partial charge in [-0.05, 0) is 37.8 Å². The van der Waals surface area contributed by atoms with Gasteiger partial charge in [-0.3, -0.25) is 10.1 Å². The maximum Gasteiger partial charge on any atom is 0.270 e. The highest BCUT2D eigenvalue weighted by Crippen LogP contribution is 2.32. The molecule has 1 unspecified atom stereocenters. The first-order valence-electron chi connectivity index (χ1n) is 10.8. The van der Waals surface area contributed by atoms with E-state index in [0.717, 1.165) is 56.4 Å². The number of hydrogen-bond donors (Lipinski definition) is 0. The molecule has 31 heavy (non-hydrogen) atoms. The van der Waals surface area contributed by atoms with E-state index in [0.29, 0.717) is 16.5 Å². The van der Waals surface area contributed by atoms with Crippen molar-refractivity contribution in [1.82, 2.24) is 19.7 Å². The fourth-order valence-corrected chi connectivity index (χ4v) is 4.77. The molecule has 1 aromatic carbocycles. The number of nitro groups is 1. The minimum Gasteiger partial charge on any atom is -0.356 e. The second-order valence-corrected chi connectivity index (χ2v) is 8.32. The molecular weight excluding hydrogens is 394 g/mol. The first kappa shape index (κ1) is 19.4. The van der Waals surface area contributed by atoms with Crippen molar-refractivity contribution in [3.05, 3.63) is 51.6 Å². The summed E-state index contributed by atoms with van der Waals surface area (Å²) in [5, 5.41) is 30.3. The van der Waals surface area contributed by atoms with Crippen LogP contribution < -0.4 is 4.90 Å². The van der Waals surface area contributed by atoms with Crippen LogP contribution in [0.1, 0.15) is 55.2 Å². The van der Waals surface area contributed by atoms with Crippen molar-refractivity contribution >= 4 is 22.4 Å². The lowest BCUT2D eigenvalue weighted by atomic mass is 9.96. The molecule has 0 aliphatic carbocycles. The third-order valence-corrected chi connectivity index (χ3v) is 6.36. The summed E-state index contributed by atoms with van der Waals surface area (Å²) in [6.45, 7) is 2.61. The van der Waals surface area contributed by atoms with Gasteiger partial charge in [0.2, 0.25) is 0 Å². The summed E-state index contributed by atoms with van der Waals surface area (Å²) >= 11 is 0. The first-order valence-corrected chi connectivity index (χ1v) is 10.8. The third kappa shape index (κ3) is 3.58. The van der Waals surface area contributed by atoms with Crippen LogP contribution in [0.15, 0.2) is 24.3 Å². The number of benzene rings is 1. The molecule has 0 bridgehead atoms. The molecule has 0 N–H and O–H groups in total. The lowest BCUT2D eigenvalue weighted by molar-refractivity contribution is -0.384. The van der Waals surface area contributed by atoms with Crippen molar-refractivity contribution in [2.45, 2.75) is 51.0 Å². The maximum atomic E-state index is 11.1. The number of aromatic nitrogens is 4. The average molecular weight is 417 g/mol. The van der Waals surface area contributed by atoms with Gasteiger partial charge in [0.25, 0.3) is 5.69 Å². The Morgan fingerprint density at radius 1 is 1.13 bits per heavy atom. The van der Waals surface area contributed by atoms with Gasteiger partial charge in [-0.1, -0.05) is 6.42 Å². The second-order valence-electron chi connectivity index (χ2n) is 8.32. The van der Waals surface area contributed by atoms with E-state index in [9.17, 15) is 15.4 Å². The Labute approximate surface area is 179 Å². The predicted molar refractivity (Wildman–Crippen MR) is 115 cm³/mol. The zero-order valence-electron chi connectivity index (χ0n) is 17.2. The number of non-ortho nitro benzene ring substituents is 1. The normalized spacial score (nSPS) is 18.9. The number of rotatable bonds is 3. The zero-order valence-corrected chi connectivity index (χ0v) is 17.2. The SMILES string of the molecule is N#Cc1cc(N2CCCC(c3nnc4n3CCCCC4)C2)nc2ccc([N+](=O)[O-])cc12. The van der Waals surface area contributed by atoms with Crippen LogP contribution in [0.25, 0.3) is 10.9 Å². The second kappa shape index (κ2) is 7.95. The van der Waals surface area contributed by atoms with Crippen molar-refractivity contribution in [2.24, 2.45) is 0 Å². The lowest BCUT2D eigenvalue weighted by Gasteiger charge is -2.33. The Kier molecular flexibility index (Phi) is 4.98. The van der Waals surface area contributed by atoms with Crippen molar-refractivity contribution in [2.75, 3.05) is 18.0 Å². The van der Waals surface area contributed by atoms with Crippen molar-refractivity contribution in [3.63, 3.8) is 0 Å². The van der Waals surface area contributed by atoms with Crippen LogP contribution in [0.2, 0.25) is 0 Å². The molecule has 3 aromatic rings. The number of nitriles is 1. The van der Waals surface area contributed by atoms with E-state index in [2.05, 4.69) is 25.7 Å². The van der Waals surface area contributed by atoms with Crippen molar-refractivity contribution in [3.8, 4) is 6.07 Å². The molecular formula is C22H23N7O2. The molecule has 1 fully saturated rings.